The molecule has 0 spiro atoms. The van der Waals surface area contributed by atoms with Crippen molar-refractivity contribution in [3.05, 3.63) is 95.6 Å². The molecule has 4 rings (SSSR count). The van der Waals surface area contributed by atoms with Gasteiger partial charge in [0, 0.05) is 10.5 Å². The van der Waals surface area contributed by atoms with Gasteiger partial charge >= 0.3 is 0 Å². The van der Waals surface area contributed by atoms with Crippen molar-refractivity contribution >= 4 is 29.3 Å². The van der Waals surface area contributed by atoms with Crippen LogP contribution in [0.3, 0.4) is 0 Å². The number of thioether (sulfide) groups is 1. The van der Waals surface area contributed by atoms with Crippen LogP contribution in [-0.2, 0) is 11.2 Å². The second-order valence-corrected chi connectivity index (χ2v) is 8.47. The first-order valence-corrected chi connectivity index (χ1v) is 10.5. The summed E-state index contributed by atoms with van der Waals surface area (Å²) in [7, 11) is 0. The molecule has 1 aliphatic heterocycles. The Balaban J connectivity index is 1.57. The Hall–Kier alpha value is -3.05. The van der Waals surface area contributed by atoms with Crippen LogP contribution in [0.25, 0.3) is 0 Å². The van der Waals surface area contributed by atoms with Crippen LogP contribution >= 0.6 is 11.8 Å². The minimum atomic E-state index is -0.157. The van der Waals surface area contributed by atoms with Gasteiger partial charge in [-0.3, -0.25) is 9.59 Å². The highest BCUT2D eigenvalue weighted by molar-refractivity contribution is 8.00. The Morgan fingerprint density at radius 1 is 1.03 bits per heavy atom. The molecule has 0 saturated heterocycles. The SMILES string of the molecule is CC1Sc2ccc(C(=O)NC(Cc3ccccc3)c3ccccc3)cc2NC1=O. The Kier molecular flexibility index (Phi) is 5.67. The van der Waals surface area contributed by atoms with E-state index in [1.54, 1.807) is 6.07 Å². The first-order chi connectivity index (χ1) is 14.1. The maximum atomic E-state index is 13.0. The standard InChI is InChI=1S/C24H22N2O2S/c1-16-23(27)26-21-15-19(12-13-22(21)29-16)24(28)25-20(18-10-6-3-7-11-18)14-17-8-4-2-5-9-17/h2-13,15-16,20H,14H2,1H3,(H,25,28)(H,26,27). The van der Waals surface area contributed by atoms with E-state index in [0.717, 1.165) is 16.0 Å². The average Bonchev–Trinajstić information content (AvgIpc) is 2.75. The van der Waals surface area contributed by atoms with Gasteiger partial charge in [-0.15, -0.1) is 11.8 Å². The van der Waals surface area contributed by atoms with E-state index in [1.807, 2.05) is 67.6 Å². The van der Waals surface area contributed by atoms with Gasteiger partial charge in [0.15, 0.2) is 0 Å². The molecule has 2 unspecified atom stereocenters. The van der Waals surface area contributed by atoms with E-state index in [-0.39, 0.29) is 23.1 Å². The number of carbonyl (C=O) groups excluding carboxylic acids is 2. The van der Waals surface area contributed by atoms with E-state index in [1.165, 1.54) is 11.8 Å². The maximum Gasteiger partial charge on any atom is 0.251 e. The Labute approximate surface area is 174 Å². The number of fused-ring (bicyclic) bond motifs is 1. The molecule has 5 heteroatoms. The minimum absolute atomic E-state index is 0.0358. The fourth-order valence-electron chi connectivity index (χ4n) is 3.38. The molecule has 0 bridgehead atoms. The van der Waals surface area contributed by atoms with Crippen molar-refractivity contribution in [2.24, 2.45) is 0 Å². The van der Waals surface area contributed by atoms with Crippen LogP contribution in [0.5, 0.6) is 0 Å². The lowest BCUT2D eigenvalue weighted by Gasteiger charge is -2.23. The number of benzene rings is 3. The summed E-state index contributed by atoms with van der Waals surface area (Å²) in [4.78, 5) is 26.0. The lowest BCUT2D eigenvalue weighted by molar-refractivity contribution is -0.115. The van der Waals surface area contributed by atoms with Crippen LogP contribution in [0.1, 0.15) is 34.5 Å². The summed E-state index contributed by atoms with van der Waals surface area (Å²) < 4.78 is 0. The van der Waals surface area contributed by atoms with Gasteiger partial charge in [0.25, 0.3) is 5.91 Å². The highest BCUT2D eigenvalue weighted by Crippen LogP contribution is 2.36. The first-order valence-electron chi connectivity index (χ1n) is 9.61. The predicted octanol–water partition coefficient (Wildman–Crippen LogP) is 4.83. The van der Waals surface area contributed by atoms with Crippen LogP contribution < -0.4 is 10.6 Å². The Morgan fingerprint density at radius 2 is 1.72 bits per heavy atom. The molecule has 0 fully saturated rings. The molecule has 0 aliphatic carbocycles. The normalized spacial score (nSPS) is 16.4. The zero-order valence-electron chi connectivity index (χ0n) is 16.1. The largest absolute Gasteiger partial charge is 0.345 e. The molecule has 4 nitrogen and oxygen atoms in total. The number of hydrogen-bond acceptors (Lipinski definition) is 3. The number of rotatable bonds is 5. The van der Waals surface area contributed by atoms with Crippen LogP contribution in [-0.4, -0.2) is 17.1 Å². The van der Waals surface area contributed by atoms with Crippen molar-refractivity contribution < 1.29 is 9.59 Å². The summed E-state index contributed by atoms with van der Waals surface area (Å²) in [5.74, 6) is -0.193. The van der Waals surface area contributed by atoms with Crippen LogP contribution in [0.4, 0.5) is 5.69 Å². The molecule has 2 amide bonds. The molecule has 1 heterocycles. The van der Waals surface area contributed by atoms with Gasteiger partial charge in [-0.2, -0.15) is 0 Å². The second kappa shape index (κ2) is 8.53. The third-order valence-electron chi connectivity index (χ3n) is 4.96. The average molecular weight is 403 g/mol. The van der Waals surface area contributed by atoms with Crippen molar-refractivity contribution in [1.82, 2.24) is 5.32 Å². The zero-order chi connectivity index (χ0) is 20.2. The van der Waals surface area contributed by atoms with Crippen molar-refractivity contribution in [1.29, 1.82) is 0 Å². The van der Waals surface area contributed by atoms with Gasteiger partial charge in [-0.25, -0.2) is 0 Å². The molecule has 146 valence electrons. The third kappa shape index (κ3) is 4.51. The summed E-state index contributed by atoms with van der Waals surface area (Å²) >= 11 is 1.51. The molecule has 2 N–H and O–H groups in total. The Bertz CT molecular complexity index is 1020. The van der Waals surface area contributed by atoms with E-state index in [0.29, 0.717) is 17.7 Å². The third-order valence-corrected chi connectivity index (χ3v) is 6.14. The van der Waals surface area contributed by atoms with E-state index in [9.17, 15) is 9.59 Å². The number of carbonyl (C=O) groups is 2. The number of amides is 2. The van der Waals surface area contributed by atoms with Gasteiger partial charge in [0.2, 0.25) is 5.91 Å². The lowest BCUT2D eigenvalue weighted by atomic mass is 9.98. The lowest BCUT2D eigenvalue weighted by Crippen LogP contribution is -2.31. The number of anilines is 1. The summed E-state index contributed by atoms with van der Waals surface area (Å²) in [6, 6.07) is 25.4. The summed E-state index contributed by atoms with van der Waals surface area (Å²) in [6.45, 7) is 1.87. The number of nitrogens with one attached hydrogen (secondary N) is 2. The van der Waals surface area contributed by atoms with Crippen molar-refractivity contribution in [2.75, 3.05) is 5.32 Å². The fourth-order valence-corrected chi connectivity index (χ4v) is 4.31. The zero-order valence-corrected chi connectivity index (χ0v) is 16.9. The van der Waals surface area contributed by atoms with Gasteiger partial charge in [0.1, 0.15) is 0 Å². The van der Waals surface area contributed by atoms with Crippen LogP contribution in [0, 0.1) is 0 Å². The van der Waals surface area contributed by atoms with E-state index < -0.39 is 0 Å². The predicted molar refractivity (Wildman–Crippen MR) is 117 cm³/mol. The maximum absolute atomic E-state index is 13.0. The van der Waals surface area contributed by atoms with E-state index >= 15 is 0 Å². The monoisotopic (exact) mass is 402 g/mol. The summed E-state index contributed by atoms with van der Waals surface area (Å²) in [5, 5.41) is 5.93. The molecule has 3 aromatic carbocycles. The molecule has 0 radical (unpaired) electrons. The van der Waals surface area contributed by atoms with E-state index in [2.05, 4.69) is 22.8 Å². The summed E-state index contributed by atoms with van der Waals surface area (Å²) in [6.07, 6.45) is 0.700. The molecule has 3 aromatic rings. The smallest absolute Gasteiger partial charge is 0.251 e. The Morgan fingerprint density at radius 3 is 2.45 bits per heavy atom. The van der Waals surface area contributed by atoms with Crippen molar-refractivity contribution in [3.8, 4) is 0 Å². The van der Waals surface area contributed by atoms with Crippen molar-refractivity contribution in [3.63, 3.8) is 0 Å². The molecule has 0 saturated carbocycles. The van der Waals surface area contributed by atoms with Gasteiger partial charge in [0.05, 0.1) is 17.0 Å². The summed E-state index contributed by atoms with van der Waals surface area (Å²) in [5.41, 5.74) is 3.45. The molecular formula is C24H22N2O2S. The molecule has 29 heavy (non-hydrogen) atoms. The van der Waals surface area contributed by atoms with Gasteiger partial charge in [-0.1, -0.05) is 60.7 Å². The minimum Gasteiger partial charge on any atom is -0.345 e. The molecule has 2 atom stereocenters. The van der Waals surface area contributed by atoms with Crippen LogP contribution in [0.2, 0.25) is 0 Å². The first kappa shape index (κ1) is 19.3. The van der Waals surface area contributed by atoms with E-state index in [4.69, 9.17) is 0 Å². The van der Waals surface area contributed by atoms with Crippen LogP contribution in [0.15, 0.2) is 83.8 Å². The highest BCUT2D eigenvalue weighted by atomic mass is 32.2. The number of hydrogen-bond donors (Lipinski definition) is 2. The highest BCUT2D eigenvalue weighted by Gasteiger charge is 2.24. The van der Waals surface area contributed by atoms with Crippen molar-refractivity contribution in [2.45, 2.75) is 29.5 Å². The molecule has 0 aromatic heterocycles. The topological polar surface area (TPSA) is 58.2 Å². The second-order valence-electron chi connectivity index (χ2n) is 7.09. The molecule has 1 aliphatic rings. The van der Waals surface area contributed by atoms with Gasteiger partial charge < -0.3 is 10.6 Å². The molecular weight excluding hydrogens is 380 g/mol. The van der Waals surface area contributed by atoms with Gasteiger partial charge in [-0.05, 0) is 42.7 Å². The quantitative estimate of drug-likeness (QED) is 0.642. The fraction of sp³-hybridized carbons (Fsp3) is 0.167.